The lowest BCUT2D eigenvalue weighted by Crippen LogP contribution is -2.47. The van der Waals surface area contributed by atoms with Crippen molar-refractivity contribution in [3.8, 4) is 5.75 Å². The molecule has 2 atom stereocenters. The van der Waals surface area contributed by atoms with Gasteiger partial charge in [0.15, 0.2) is 6.10 Å². The van der Waals surface area contributed by atoms with Crippen molar-refractivity contribution >= 4 is 28.0 Å². The Hall–Kier alpha value is -3.84. The Morgan fingerprint density at radius 1 is 1.10 bits per heavy atom. The SMILES string of the molecule is COC(=O)C(O)[C@H](CCCN=C(N)NS(=O)(=O)c1c(C)cc(OC)c(C)c1C)NC(=O)OCc1ccccc1. The van der Waals surface area contributed by atoms with Crippen LogP contribution in [-0.4, -0.2) is 64.5 Å². The molecule has 13 heteroatoms. The molecule has 2 aromatic carbocycles. The predicted octanol–water partition coefficient (Wildman–Crippen LogP) is 1.82. The molecule has 0 aliphatic rings. The molecule has 0 bridgehead atoms. The molecule has 0 spiro atoms. The zero-order chi connectivity index (χ0) is 29.2. The molecule has 0 aromatic heterocycles. The van der Waals surface area contributed by atoms with E-state index in [1.807, 2.05) is 6.07 Å². The van der Waals surface area contributed by atoms with E-state index in [4.69, 9.17) is 15.2 Å². The van der Waals surface area contributed by atoms with Crippen LogP contribution in [0.25, 0.3) is 0 Å². The second-order valence-corrected chi connectivity index (χ2v) is 10.4. The maximum atomic E-state index is 13.0. The van der Waals surface area contributed by atoms with Gasteiger partial charge in [0.05, 0.1) is 25.2 Å². The molecule has 0 aliphatic heterocycles. The van der Waals surface area contributed by atoms with Gasteiger partial charge in [0.1, 0.15) is 12.4 Å². The van der Waals surface area contributed by atoms with Crippen molar-refractivity contribution < 1.29 is 37.3 Å². The van der Waals surface area contributed by atoms with Gasteiger partial charge >= 0.3 is 12.1 Å². The maximum absolute atomic E-state index is 13.0. The normalized spacial score (nSPS) is 13.2. The number of nitrogens with two attached hydrogens (primary N) is 1. The van der Waals surface area contributed by atoms with Crippen LogP contribution >= 0.6 is 0 Å². The number of ether oxygens (including phenoxy) is 3. The van der Waals surface area contributed by atoms with Crippen LogP contribution in [0.5, 0.6) is 5.75 Å². The highest BCUT2D eigenvalue weighted by molar-refractivity contribution is 7.90. The Bertz CT molecular complexity index is 1280. The minimum atomic E-state index is -4.03. The lowest BCUT2D eigenvalue weighted by molar-refractivity contribution is -0.152. The molecule has 0 heterocycles. The third kappa shape index (κ3) is 8.86. The summed E-state index contributed by atoms with van der Waals surface area (Å²) in [5, 5.41) is 12.8. The van der Waals surface area contributed by atoms with Crippen LogP contribution in [0.4, 0.5) is 4.79 Å². The highest BCUT2D eigenvalue weighted by atomic mass is 32.2. The van der Waals surface area contributed by atoms with Crippen LogP contribution in [-0.2, 0) is 30.9 Å². The van der Waals surface area contributed by atoms with E-state index in [1.54, 1.807) is 51.1 Å². The lowest BCUT2D eigenvalue weighted by atomic mass is 10.1. The standard InChI is InChI=1S/C26H36N4O8S/c1-16-14-21(36-4)17(2)18(3)23(16)39(34,35)30-25(27)28-13-9-12-20(22(31)24(32)37-5)29-26(33)38-15-19-10-7-6-8-11-19/h6-8,10-11,14,20,22,31H,9,12-13,15H2,1-5H3,(H,29,33)(H3,27,28,30)/t20-,22?/m0/s1. The number of carbonyl (C=O) groups is 2. The molecule has 0 saturated carbocycles. The molecular weight excluding hydrogens is 528 g/mol. The van der Waals surface area contributed by atoms with Crippen LogP contribution in [0.15, 0.2) is 46.3 Å². The molecule has 0 aliphatic carbocycles. The Morgan fingerprint density at radius 3 is 2.38 bits per heavy atom. The van der Waals surface area contributed by atoms with Crippen molar-refractivity contribution in [2.75, 3.05) is 20.8 Å². The molecule has 1 unspecified atom stereocenters. The smallest absolute Gasteiger partial charge is 0.407 e. The van der Waals surface area contributed by atoms with Crippen molar-refractivity contribution in [1.29, 1.82) is 0 Å². The van der Waals surface area contributed by atoms with E-state index in [0.717, 1.165) is 12.7 Å². The molecule has 0 fully saturated rings. The summed E-state index contributed by atoms with van der Waals surface area (Å²) in [6.45, 7) is 5.13. The monoisotopic (exact) mass is 564 g/mol. The average Bonchev–Trinajstić information content (AvgIpc) is 2.90. The highest BCUT2D eigenvalue weighted by Gasteiger charge is 2.29. The van der Waals surface area contributed by atoms with Crippen LogP contribution in [0.3, 0.4) is 0 Å². The fourth-order valence-electron chi connectivity index (χ4n) is 3.89. The van der Waals surface area contributed by atoms with Crippen molar-refractivity contribution in [2.45, 2.75) is 57.3 Å². The number of alkyl carbamates (subject to hydrolysis) is 1. The fourth-order valence-corrected chi connectivity index (χ4v) is 5.37. The number of nitrogens with one attached hydrogen (secondary N) is 2. The number of amides is 1. The quantitative estimate of drug-likeness (QED) is 0.129. The van der Waals surface area contributed by atoms with Gasteiger partial charge in [-0.3, -0.25) is 4.99 Å². The summed E-state index contributed by atoms with van der Waals surface area (Å²) in [7, 11) is -1.41. The summed E-state index contributed by atoms with van der Waals surface area (Å²) in [4.78, 5) is 28.3. The van der Waals surface area contributed by atoms with E-state index in [-0.39, 0.29) is 36.8 Å². The number of guanidine groups is 1. The van der Waals surface area contributed by atoms with Gasteiger partial charge in [0.25, 0.3) is 10.0 Å². The van der Waals surface area contributed by atoms with Crippen molar-refractivity contribution in [1.82, 2.24) is 10.0 Å². The molecule has 2 aromatic rings. The first-order valence-electron chi connectivity index (χ1n) is 12.1. The summed E-state index contributed by atoms with van der Waals surface area (Å²) in [5.41, 5.74) is 8.29. The Morgan fingerprint density at radius 2 is 1.77 bits per heavy atom. The number of carbonyl (C=O) groups excluding carboxylic acids is 2. The first-order chi connectivity index (χ1) is 18.4. The second kappa shape index (κ2) is 14.4. The van der Waals surface area contributed by atoms with Crippen molar-refractivity contribution in [3.05, 3.63) is 58.7 Å². The Labute approximate surface area is 228 Å². The van der Waals surface area contributed by atoms with Gasteiger partial charge in [0.2, 0.25) is 5.96 Å². The molecule has 1 amide bonds. The number of aliphatic hydroxyl groups is 1. The first kappa shape index (κ1) is 31.4. The van der Waals surface area contributed by atoms with Gasteiger partial charge in [-0.25, -0.2) is 22.7 Å². The Balaban J connectivity index is 2.01. The molecule has 12 nitrogen and oxygen atoms in total. The van der Waals surface area contributed by atoms with E-state index in [9.17, 15) is 23.1 Å². The number of benzene rings is 2. The summed E-state index contributed by atoms with van der Waals surface area (Å²) in [5.74, 6) is -0.686. The maximum Gasteiger partial charge on any atom is 0.407 e. The van der Waals surface area contributed by atoms with Gasteiger partial charge < -0.3 is 30.4 Å². The molecule has 0 saturated heterocycles. The van der Waals surface area contributed by atoms with Crippen LogP contribution in [0.1, 0.15) is 35.1 Å². The number of methoxy groups -OCH3 is 2. The Kier molecular flexibility index (Phi) is 11.5. The molecule has 2 rings (SSSR count). The van der Waals surface area contributed by atoms with Crippen LogP contribution in [0.2, 0.25) is 0 Å². The number of hydrogen-bond acceptors (Lipinski definition) is 9. The molecule has 39 heavy (non-hydrogen) atoms. The molecule has 5 N–H and O–H groups in total. The minimum absolute atomic E-state index is 0.00134. The number of aliphatic hydroxyl groups excluding tert-OH is 1. The average molecular weight is 565 g/mol. The van der Waals surface area contributed by atoms with Crippen LogP contribution in [0, 0.1) is 20.8 Å². The summed E-state index contributed by atoms with van der Waals surface area (Å²) in [6.07, 6.45) is -2.15. The molecular formula is C26H36N4O8S. The number of nitrogens with zero attached hydrogens (tertiary/aromatic N) is 1. The van der Waals surface area contributed by atoms with E-state index in [1.165, 1.54) is 7.11 Å². The van der Waals surface area contributed by atoms with Gasteiger partial charge in [0, 0.05) is 6.54 Å². The van der Waals surface area contributed by atoms with E-state index >= 15 is 0 Å². The predicted molar refractivity (Wildman–Crippen MR) is 145 cm³/mol. The second-order valence-electron chi connectivity index (χ2n) is 8.77. The van der Waals surface area contributed by atoms with Crippen molar-refractivity contribution in [2.24, 2.45) is 10.7 Å². The summed E-state index contributed by atoms with van der Waals surface area (Å²) < 4.78 is 43.3. The molecule has 0 radical (unpaired) electrons. The number of hydrogen-bond donors (Lipinski definition) is 4. The number of aliphatic imine (C=N–C) groups is 1. The van der Waals surface area contributed by atoms with Crippen molar-refractivity contribution in [3.63, 3.8) is 0 Å². The third-order valence-corrected chi connectivity index (χ3v) is 7.64. The zero-order valence-electron chi connectivity index (χ0n) is 22.7. The van der Waals surface area contributed by atoms with Gasteiger partial charge in [-0.15, -0.1) is 0 Å². The van der Waals surface area contributed by atoms with Gasteiger partial charge in [-0.1, -0.05) is 30.3 Å². The zero-order valence-corrected chi connectivity index (χ0v) is 23.5. The van der Waals surface area contributed by atoms with E-state index in [0.29, 0.717) is 22.4 Å². The molecule has 214 valence electrons. The number of esters is 1. The topological polar surface area (TPSA) is 179 Å². The van der Waals surface area contributed by atoms with Gasteiger partial charge in [-0.2, -0.15) is 0 Å². The van der Waals surface area contributed by atoms with E-state index in [2.05, 4.69) is 19.8 Å². The van der Waals surface area contributed by atoms with Crippen LogP contribution < -0.4 is 20.5 Å². The van der Waals surface area contributed by atoms with Gasteiger partial charge in [-0.05, 0) is 61.9 Å². The third-order valence-electron chi connectivity index (χ3n) is 6.00. The summed E-state index contributed by atoms with van der Waals surface area (Å²) >= 11 is 0. The fraction of sp³-hybridized carbons (Fsp3) is 0.423. The number of aryl methyl sites for hydroxylation is 1. The lowest BCUT2D eigenvalue weighted by Gasteiger charge is -2.22. The largest absolute Gasteiger partial charge is 0.496 e. The number of rotatable bonds is 12. The summed E-state index contributed by atoms with van der Waals surface area (Å²) in [6, 6.07) is 9.58. The minimum Gasteiger partial charge on any atom is -0.496 e. The van der Waals surface area contributed by atoms with E-state index < -0.39 is 34.2 Å². The number of sulfonamides is 1. The first-order valence-corrected chi connectivity index (χ1v) is 13.6. The highest BCUT2D eigenvalue weighted by Crippen LogP contribution is 2.30.